The molecule has 7 nitrogen and oxygen atoms in total. The van der Waals surface area contributed by atoms with Crippen molar-refractivity contribution in [1.82, 2.24) is 15.3 Å². The molecule has 2 rings (SSSR count). The van der Waals surface area contributed by atoms with Gasteiger partial charge in [-0.25, -0.2) is 9.97 Å². The minimum atomic E-state index is -0.697. The largest absolute Gasteiger partial charge is 0.492 e. The van der Waals surface area contributed by atoms with Gasteiger partial charge in [-0.2, -0.15) is 0 Å². The van der Waals surface area contributed by atoms with Crippen molar-refractivity contribution < 1.29 is 19.4 Å². The maximum atomic E-state index is 12.2. The molecule has 2 aromatic rings. The zero-order valence-corrected chi connectivity index (χ0v) is 15.3. The zero-order chi connectivity index (χ0) is 19.3. The van der Waals surface area contributed by atoms with Gasteiger partial charge >= 0.3 is 5.97 Å². The van der Waals surface area contributed by atoms with Gasteiger partial charge < -0.3 is 15.2 Å². The highest BCUT2D eigenvalue weighted by Crippen LogP contribution is 2.24. The number of hydrogen-bond acceptors (Lipinski definition) is 6. The van der Waals surface area contributed by atoms with E-state index in [0.29, 0.717) is 11.6 Å². The van der Waals surface area contributed by atoms with Crippen LogP contribution in [0, 0.1) is 0 Å². The van der Waals surface area contributed by atoms with E-state index in [1.54, 1.807) is 13.8 Å². The Labute approximate surface area is 152 Å². The number of carbonyl (C=O) groups is 2. The molecule has 1 aromatic carbocycles. The Kier molecular flexibility index (Phi) is 6.27. The van der Waals surface area contributed by atoms with Crippen LogP contribution in [0.25, 0.3) is 11.3 Å². The number of aromatic hydroxyl groups is 1. The number of hydrogen-bond donors (Lipinski definition) is 2. The molecular formula is C19H23N3O4. The van der Waals surface area contributed by atoms with Crippen molar-refractivity contribution in [1.29, 1.82) is 0 Å². The maximum absolute atomic E-state index is 12.2. The zero-order valence-electron chi connectivity index (χ0n) is 15.3. The molecule has 0 aliphatic heterocycles. The summed E-state index contributed by atoms with van der Waals surface area (Å²) in [5.41, 5.74) is 2.13. The predicted molar refractivity (Wildman–Crippen MR) is 96.8 cm³/mol. The van der Waals surface area contributed by atoms with Crippen molar-refractivity contribution in [2.45, 2.75) is 39.7 Å². The van der Waals surface area contributed by atoms with Crippen LogP contribution < -0.4 is 5.32 Å². The summed E-state index contributed by atoms with van der Waals surface area (Å²) in [5, 5.41) is 12.2. The standard InChI is InChI=1S/C19H23N3O4/c1-11(2)13-6-5-7-14(8-13)15-9-20-18(24)17(22-15)19(25)21-10-16(23)26-12(3)4/h5-9,11-12H,10H2,1-4H3,(H,20,24)(H,21,25). The minimum absolute atomic E-state index is 0.241. The number of ether oxygens (including phenoxy) is 1. The fraction of sp³-hybridized carbons (Fsp3) is 0.368. The van der Waals surface area contributed by atoms with E-state index in [1.165, 1.54) is 6.20 Å². The van der Waals surface area contributed by atoms with Gasteiger partial charge in [0.2, 0.25) is 5.88 Å². The normalized spacial score (nSPS) is 10.8. The summed E-state index contributed by atoms with van der Waals surface area (Å²) in [6, 6.07) is 7.73. The predicted octanol–water partition coefficient (Wildman–Crippen LogP) is 2.65. The fourth-order valence-electron chi connectivity index (χ4n) is 2.27. The molecule has 0 unspecified atom stereocenters. The first-order valence-electron chi connectivity index (χ1n) is 8.42. The fourth-order valence-corrected chi connectivity index (χ4v) is 2.27. The molecule has 0 saturated heterocycles. The summed E-state index contributed by atoms with van der Waals surface area (Å²) < 4.78 is 4.94. The van der Waals surface area contributed by atoms with E-state index in [1.807, 2.05) is 24.3 Å². The second-order valence-corrected chi connectivity index (χ2v) is 6.43. The monoisotopic (exact) mass is 357 g/mol. The van der Waals surface area contributed by atoms with Crippen LogP contribution in [-0.4, -0.2) is 39.6 Å². The van der Waals surface area contributed by atoms with Crippen LogP contribution in [0.2, 0.25) is 0 Å². The highest BCUT2D eigenvalue weighted by atomic mass is 16.5. The molecular weight excluding hydrogens is 334 g/mol. The molecule has 1 aromatic heterocycles. The number of benzene rings is 1. The summed E-state index contributed by atoms with van der Waals surface area (Å²) in [6.07, 6.45) is 1.13. The Morgan fingerprint density at radius 2 is 1.96 bits per heavy atom. The Hall–Kier alpha value is -2.96. The van der Waals surface area contributed by atoms with Crippen molar-refractivity contribution in [3.05, 3.63) is 41.7 Å². The van der Waals surface area contributed by atoms with Crippen molar-refractivity contribution >= 4 is 11.9 Å². The van der Waals surface area contributed by atoms with Crippen LogP contribution in [0.5, 0.6) is 5.88 Å². The molecule has 0 aliphatic rings. The lowest BCUT2D eigenvalue weighted by Gasteiger charge is -2.10. The minimum Gasteiger partial charge on any atom is -0.492 e. The Morgan fingerprint density at radius 1 is 1.23 bits per heavy atom. The van der Waals surface area contributed by atoms with Crippen LogP contribution >= 0.6 is 0 Å². The Balaban J connectivity index is 2.20. The molecule has 26 heavy (non-hydrogen) atoms. The van der Waals surface area contributed by atoms with Gasteiger partial charge in [0.05, 0.1) is 18.0 Å². The van der Waals surface area contributed by atoms with E-state index in [9.17, 15) is 14.7 Å². The van der Waals surface area contributed by atoms with Crippen LogP contribution in [0.1, 0.15) is 49.7 Å². The van der Waals surface area contributed by atoms with E-state index < -0.39 is 17.8 Å². The van der Waals surface area contributed by atoms with Crippen LogP contribution in [0.15, 0.2) is 30.5 Å². The molecule has 0 atom stereocenters. The molecule has 0 spiro atoms. The lowest BCUT2D eigenvalue weighted by Crippen LogP contribution is -2.32. The van der Waals surface area contributed by atoms with Gasteiger partial charge in [-0.05, 0) is 31.4 Å². The van der Waals surface area contributed by atoms with E-state index in [0.717, 1.165) is 11.1 Å². The van der Waals surface area contributed by atoms with Gasteiger partial charge in [-0.15, -0.1) is 0 Å². The van der Waals surface area contributed by atoms with Crippen molar-refractivity contribution in [2.24, 2.45) is 0 Å². The molecule has 138 valence electrons. The first kappa shape index (κ1) is 19.4. The van der Waals surface area contributed by atoms with Crippen LogP contribution in [0.3, 0.4) is 0 Å². The third-order valence-electron chi connectivity index (χ3n) is 3.58. The highest BCUT2D eigenvalue weighted by molar-refractivity contribution is 5.96. The van der Waals surface area contributed by atoms with Gasteiger partial charge in [-0.1, -0.05) is 32.0 Å². The lowest BCUT2D eigenvalue weighted by molar-refractivity contribution is -0.146. The van der Waals surface area contributed by atoms with Crippen molar-refractivity contribution in [2.75, 3.05) is 6.54 Å². The topological polar surface area (TPSA) is 101 Å². The number of amides is 1. The SMILES string of the molecule is CC(C)OC(=O)CNC(=O)c1nc(-c2cccc(C(C)C)c2)cnc1O. The molecule has 1 amide bonds. The molecule has 0 fully saturated rings. The molecule has 7 heteroatoms. The third kappa shape index (κ3) is 5.02. The van der Waals surface area contributed by atoms with Crippen molar-refractivity contribution in [3.8, 4) is 17.1 Å². The number of nitrogens with zero attached hydrogens (tertiary/aromatic N) is 2. The Bertz CT molecular complexity index is 803. The average Bonchev–Trinajstić information content (AvgIpc) is 2.59. The lowest BCUT2D eigenvalue weighted by atomic mass is 10.00. The van der Waals surface area contributed by atoms with Gasteiger partial charge in [0.25, 0.3) is 5.91 Å². The van der Waals surface area contributed by atoms with Gasteiger partial charge in [0.15, 0.2) is 5.69 Å². The number of aromatic nitrogens is 2. The Morgan fingerprint density at radius 3 is 2.62 bits per heavy atom. The van der Waals surface area contributed by atoms with E-state index >= 15 is 0 Å². The summed E-state index contributed by atoms with van der Waals surface area (Å²) in [4.78, 5) is 31.8. The highest BCUT2D eigenvalue weighted by Gasteiger charge is 2.18. The van der Waals surface area contributed by atoms with Crippen molar-refractivity contribution in [3.63, 3.8) is 0 Å². The average molecular weight is 357 g/mol. The van der Waals surface area contributed by atoms with Crippen LogP contribution in [0.4, 0.5) is 0 Å². The maximum Gasteiger partial charge on any atom is 0.325 e. The molecule has 2 N–H and O–H groups in total. The van der Waals surface area contributed by atoms with Gasteiger partial charge in [0, 0.05) is 5.56 Å². The third-order valence-corrected chi connectivity index (χ3v) is 3.58. The number of nitrogens with one attached hydrogen (secondary N) is 1. The number of carbonyl (C=O) groups excluding carboxylic acids is 2. The molecule has 0 bridgehead atoms. The summed E-state index contributed by atoms with van der Waals surface area (Å²) in [5.74, 6) is -1.42. The smallest absolute Gasteiger partial charge is 0.325 e. The first-order chi connectivity index (χ1) is 12.3. The van der Waals surface area contributed by atoms with Crippen LogP contribution in [-0.2, 0) is 9.53 Å². The van der Waals surface area contributed by atoms with E-state index in [4.69, 9.17) is 4.74 Å². The van der Waals surface area contributed by atoms with Gasteiger partial charge in [-0.3, -0.25) is 9.59 Å². The summed E-state index contributed by atoms with van der Waals surface area (Å²) in [6.45, 7) is 7.27. The molecule has 0 saturated carbocycles. The number of esters is 1. The quantitative estimate of drug-likeness (QED) is 0.771. The van der Waals surface area contributed by atoms with E-state index in [-0.39, 0.29) is 18.3 Å². The summed E-state index contributed by atoms with van der Waals surface area (Å²) in [7, 11) is 0. The van der Waals surface area contributed by atoms with E-state index in [2.05, 4.69) is 29.1 Å². The molecule has 1 heterocycles. The van der Waals surface area contributed by atoms with Gasteiger partial charge in [0.1, 0.15) is 6.54 Å². The second kappa shape index (κ2) is 8.42. The number of rotatable bonds is 6. The first-order valence-corrected chi connectivity index (χ1v) is 8.42. The second-order valence-electron chi connectivity index (χ2n) is 6.43. The molecule has 0 radical (unpaired) electrons. The summed E-state index contributed by atoms with van der Waals surface area (Å²) >= 11 is 0. The molecule has 0 aliphatic carbocycles.